The third kappa shape index (κ3) is 6.16. The lowest BCUT2D eigenvalue weighted by atomic mass is 9.91. The zero-order valence-electron chi connectivity index (χ0n) is 38.9. The summed E-state index contributed by atoms with van der Waals surface area (Å²) < 4.78 is 4.78. The van der Waals surface area contributed by atoms with Gasteiger partial charge in [-0.1, -0.05) is 133 Å². The van der Waals surface area contributed by atoms with Crippen molar-refractivity contribution in [1.29, 1.82) is 0 Å². The lowest BCUT2D eigenvalue weighted by Crippen LogP contribution is -2.12. The van der Waals surface area contributed by atoms with Gasteiger partial charge >= 0.3 is 0 Å². The molecule has 2 heterocycles. The van der Waals surface area contributed by atoms with E-state index in [0.717, 1.165) is 45.5 Å². The summed E-state index contributed by atoms with van der Waals surface area (Å²) in [7, 11) is 0. The second-order valence-electron chi connectivity index (χ2n) is 18.7. The van der Waals surface area contributed by atoms with Crippen molar-refractivity contribution in [1.82, 2.24) is 9.13 Å². The van der Waals surface area contributed by atoms with Crippen LogP contribution >= 0.6 is 0 Å². The average Bonchev–Trinajstić information content (AvgIpc) is 3.92. The first-order valence-corrected chi connectivity index (χ1v) is 24.2. The van der Waals surface area contributed by atoms with E-state index in [1.165, 1.54) is 87.1 Å². The van der Waals surface area contributed by atoms with Gasteiger partial charge in [-0.05, 0) is 156 Å². The summed E-state index contributed by atoms with van der Waals surface area (Å²) in [4.78, 5) is 4.93. The summed E-state index contributed by atoms with van der Waals surface area (Å²) in [6.45, 7) is 4.37. The molecule has 0 amide bonds. The van der Waals surface area contributed by atoms with Gasteiger partial charge in [0.2, 0.25) is 0 Å². The first-order valence-electron chi connectivity index (χ1n) is 24.2. The summed E-state index contributed by atoms with van der Waals surface area (Å²) in [5.74, 6) is 0. The fourth-order valence-corrected chi connectivity index (χ4v) is 11.5. The number of rotatable bonds is 8. The Morgan fingerprint density at radius 1 is 0.271 bits per heavy atom. The average molecular weight is 895 g/mol. The monoisotopic (exact) mass is 894 g/mol. The first kappa shape index (κ1) is 40.0. The van der Waals surface area contributed by atoms with Gasteiger partial charge in [-0.3, -0.25) is 0 Å². The molecule has 0 spiro atoms. The van der Waals surface area contributed by atoms with E-state index >= 15 is 0 Å². The molecule has 70 heavy (non-hydrogen) atoms. The van der Waals surface area contributed by atoms with Crippen LogP contribution in [0.1, 0.15) is 11.1 Å². The maximum absolute atomic E-state index is 2.47. The molecule has 12 aromatic carbocycles. The molecule has 0 aliphatic carbocycles. The quantitative estimate of drug-likeness (QED) is 0.141. The van der Waals surface area contributed by atoms with Crippen molar-refractivity contribution >= 4 is 110 Å². The van der Waals surface area contributed by atoms with Crippen LogP contribution in [-0.4, -0.2) is 9.13 Å². The van der Waals surface area contributed by atoms with Crippen LogP contribution in [0.25, 0.3) is 87.3 Å². The summed E-state index contributed by atoms with van der Waals surface area (Å²) in [5.41, 5.74) is 16.2. The predicted octanol–water partition coefficient (Wildman–Crippen LogP) is 18.3. The SMILES string of the molecule is Cc1cccc(N(c2ccc3c(c2)c2ccccc2n3-c2ccccc2)c2ccc3ccc4c(N(c5cccc(C)c5)c5ccc6c(c5)c5ccccc5n6-c5ccccc5)ccc5ccc2c3c54)c1. The third-order valence-corrected chi connectivity index (χ3v) is 14.5. The fourth-order valence-electron chi connectivity index (χ4n) is 11.5. The fraction of sp³-hybridized carbons (Fsp3) is 0.0303. The zero-order valence-corrected chi connectivity index (χ0v) is 38.9. The molecule has 0 fully saturated rings. The Hall–Kier alpha value is -9.12. The minimum absolute atomic E-state index is 1.11. The van der Waals surface area contributed by atoms with Crippen molar-refractivity contribution in [2.75, 3.05) is 9.80 Å². The lowest BCUT2D eigenvalue weighted by Gasteiger charge is -2.29. The van der Waals surface area contributed by atoms with Crippen LogP contribution in [-0.2, 0) is 0 Å². The molecule has 2 aromatic heterocycles. The number of anilines is 6. The van der Waals surface area contributed by atoms with Gasteiger partial charge in [0.25, 0.3) is 0 Å². The normalized spacial score (nSPS) is 11.9. The highest BCUT2D eigenvalue weighted by atomic mass is 15.2. The minimum atomic E-state index is 1.11. The third-order valence-electron chi connectivity index (χ3n) is 14.5. The number of nitrogens with zero attached hydrogens (tertiary/aromatic N) is 4. The second-order valence-corrected chi connectivity index (χ2v) is 18.7. The van der Waals surface area contributed by atoms with E-state index in [4.69, 9.17) is 0 Å². The van der Waals surface area contributed by atoms with E-state index in [-0.39, 0.29) is 0 Å². The maximum atomic E-state index is 2.47. The van der Waals surface area contributed by atoms with E-state index in [1.807, 2.05) is 0 Å². The molecule has 0 unspecified atom stereocenters. The van der Waals surface area contributed by atoms with E-state index in [2.05, 4.69) is 275 Å². The highest BCUT2D eigenvalue weighted by molar-refractivity contribution is 6.28. The van der Waals surface area contributed by atoms with Crippen molar-refractivity contribution in [3.63, 3.8) is 0 Å². The van der Waals surface area contributed by atoms with Gasteiger partial charge in [-0.2, -0.15) is 0 Å². The Bertz CT molecular complexity index is 4050. The largest absolute Gasteiger partial charge is 0.310 e. The summed E-state index contributed by atoms with van der Waals surface area (Å²) in [6, 6.07) is 89.4. The Morgan fingerprint density at radius 2 is 0.657 bits per heavy atom. The van der Waals surface area contributed by atoms with E-state index in [1.54, 1.807) is 0 Å². The number of aryl methyl sites for hydroxylation is 2. The molecule has 330 valence electrons. The zero-order chi connectivity index (χ0) is 46.5. The molecule has 0 bridgehead atoms. The molecular weight excluding hydrogens is 849 g/mol. The number of hydrogen-bond acceptors (Lipinski definition) is 2. The lowest BCUT2D eigenvalue weighted by molar-refractivity contribution is 1.18. The van der Waals surface area contributed by atoms with Gasteiger partial charge in [0.1, 0.15) is 0 Å². The van der Waals surface area contributed by atoms with Gasteiger partial charge < -0.3 is 18.9 Å². The number of para-hydroxylation sites is 4. The summed E-state index contributed by atoms with van der Waals surface area (Å²) in [5, 5.41) is 12.3. The van der Waals surface area contributed by atoms with Crippen LogP contribution in [0.5, 0.6) is 0 Å². The van der Waals surface area contributed by atoms with E-state index in [0.29, 0.717) is 0 Å². The van der Waals surface area contributed by atoms with Crippen LogP contribution in [0.2, 0.25) is 0 Å². The molecule has 0 saturated carbocycles. The minimum Gasteiger partial charge on any atom is -0.310 e. The summed E-state index contributed by atoms with van der Waals surface area (Å²) in [6.07, 6.45) is 0. The topological polar surface area (TPSA) is 16.3 Å². The molecule has 0 aliphatic heterocycles. The van der Waals surface area contributed by atoms with Crippen LogP contribution in [0, 0.1) is 13.8 Å². The Morgan fingerprint density at radius 3 is 1.10 bits per heavy atom. The van der Waals surface area contributed by atoms with Crippen LogP contribution in [0.4, 0.5) is 34.1 Å². The van der Waals surface area contributed by atoms with Crippen molar-refractivity contribution in [2.24, 2.45) is 0 Å². The standard InChI is InChI=1S/C66H46N4/c1-43-15-13-21-49(39-43)67(51-31-37-63-57(41-51)53-23-9-11-25-59(53)69(63)47-17-5-3-6-18-47)61-35-29-45-28-34-56-62(36-30-46-27-33-55(61)65(45)66(46)56)68(50-22-14-16-44(2)40-50)52-32-38-64-58(42-52)54-24-10-12-26-60(54)70(64)48-19-7-4-8-20-48/h3-42H,1-2H3. The van der Waals surface area contributed by atoms with Crippen molar-refractivity contribution in [3.05, 3.63) is 254 Å². The number of hydrogen-bond donors (Lipinski definition) is 0. The molecule has 0 aliphatic rings. The first-order chi connectivity index (χ1) is 34.6. The molecule has 4 heteroatoms. The smallest absolute Gasteiger partial charge is 0.0542 e. The molecule has 14 aromatic rings. The number of fused-ring (bicyclic) bond motifs is 6. The Labute approximate surface area is 406 Å². The Balaban J connectivity index is 0.990. The van der Waals surface area contributed by atoms with E-state index < -0.39 is 0 Å². The van der Waals surface area contributed by atoms with Crippen LogP contribution in [0.3, 0.4) is 0 Å². The van der Waals surface area contributed by atoms with Gasteiger partial charge in [-0.25, -0.2) is 0 Å². The number of aromatic nitrogens is 2. The molecule has 0 N–H and O–H groups in total. The van der Waals surface area contributed by atoms with Crippen molar-refractivity contribution < 1.29 is 0 Å². The maximum Gasteiger partial charge on any atom is 0.0542 e. The molecule has 4 nitrogen and oxygen atoms in total. The highest BCUT2D eigenvalue weighted by Gasteiger charge is 2.24. The van der Waals surface area contributed by atoms with Crippen molar-refractivity contribution in [3.8, 4) is 11.4 Å². The second kappa shape index (κ2) is 15.7. The summed E-state index contributed by atoms with van der Waals surface area (Å²) >= 11 is 0. The van der Waals surface area contributed by atoms with Crippen LogP contribution in [0.15, 0.2) is 243 Å². The van der Waals surface area contributed by atoms with Gasteiger partial charge in [0, 0.05) is 66.4 Å². The molecular formula is C66H46N4. The Kier molecular flexibility index (Phi) is 8.99. The number of benzene rings is 12. The van der Waals surface area contributed by atoms with Gasteiger partial charge in [-0.15, -0.1) is 0 Å². The molecule has 0 radical (unpaired) electrons. The molecule has 0 atom stereocenters. The van der Waals surface area contributed by atoms with E-state index in [9.17, 15) is 0 Å². The van der Waals surface area contributed by atoms with Crippen molar-refractivity contribution in [2.45, 2.75) is 13.8 Å². The van der Waals surface area contributed by atoms with Gasteiger partial charge in [0.05, 0.1) is 33.4 Å². The van der Waals surface area contributed by atoms with Gasteiger partial charge in [0.15, 0.2) is 0 Å². The molecule has 14 rings (SSSR count). The van der Waals surface area contributed by atoms with Crippen LogP contribution < -0.4 is 9.80 Å². The molecule has 0 saturated heterocycles. The highest BCUT2D eigenvalue weighted by Crippen LogP contribution is 2.49. The predicted molar refractivity (Wildman–Crippen MR) is 298 cm³/mol.